The molecule has 4 rings (SSSR count). The SMILES string of the molecule is Cc1cn(C2=CN3CCN(CCC4CCCCC4)C=C3C=C2)cn1. The van der Waals surface area contributed by atoms with Crippen LogP contribution in [0, 0.1) is 12.8 Å². The smallest absolute Gasteiger partial charge is 0.0995 e. The minimum absolute atomic E-state index is 0.966. The first-order valence-electron chi connectivity index (χ1n) is 9.41. The Balaban J connectivity index is 1.37. The fourth-order valence-corrected chi connectivity index (χ4v) is 4.06. The Labute approximate surface area is 145 Å². The molecule has 0 atom stereocenters. The molecule has 0 amide bonds. The third-order valence-corrected chi connectivity index (χ3v) is 5.55. The zero-order valence-electron chi connectivity index (χ0n) is 14.7. The van der Waals surface area contributed by atoms with Crippen molar-refractivity contribution in [3.8, 4) is 0 Å². The summed E-state index contributed by atoms with van der Waals surface area (Å²) in [5, 5.41) is 0. The zero-order valence-corrected chi connectivity index (χ0v) is 14.7. The first kappa shape index (κ1) is 15.6. The molecule has 3 heterocycles. The van der Waals surface area contributed by atoms with Crippen molar-refractivity contribution in [3.63, 3.8) is 0 Å². The predicted molar refractivity (Wildman–Crippen MR) is 97.9 cm³/mol. The zero-order chi connectivity index (χ0) is 16.4. The Bertz CT molecular complexity index is 661. The number of hydrogen-bond acceptors (Lipinski definition) is 3. The molecule has 0 aromatic carbocycles. The lowest BCUT2D eigenvalue weighted by Gasteiger charge is -2.36. The van der Waals surface area contributed by atoms with Crippen LogP contribution in [0.15, 0.2) is 42.8 Å². The van der Waals surface area contributed by atoms with Gasteiger partial charge in [0.1, 0.15) is 0 Å². The van der Waals surface area contributed by atoms with Crippen molar-refractivity contribution in [2.45, 2.75) is 45.4 Å². The lowest BCUT2D eigenvalue weighted by atomic mass is 9.87. The van der Waals surface area contributed by atoms with Crippen molar-refractivity contribution < 1.29 is 0 Å². The van der Waals surface area contributed by atoms with Gasteiger partial charge in [-0.15, -0.1) is 0 Å². The number of allylic oxidation sites excluding steroid dienone is 3. The summed E-state index contributed by atoms with van der Waals surface area (Å²) in [7, 11) is 0. The van der Waals surface area contributed by atoms with E-state index in [0.717, 1.165) is 24.7 Å². The van der Waals surface area contributed by atoms with E-state index < -0.39 is 0 Å². The van der Waals surface area contributed by atoms with E-state index in [1.54, 1.807) is 0 Å². The molecule has 0 radical (unpaired) electrons. The highest BCUT2D eigenvalue weighted by molar-refractivity contribution is 5.61. The van der Waals surface area contributed by atoms with E-state index in [9.17, 15) is 0 Å². The van der Waals surface area contributed by atoms with Gasteiger partial charge in [-0.2, -0.15) is 0 Å². The second-order valence-corrected chi connectivity index (χ2v) is 7.39. The van der Waals surface area contributed by atoms with E-state index in [-0.39, 0.29) is 0 Å². The molecule has 2 aliphatic heterocycles. The van der Waals surface area contributed by atoms with Gasteiger partial charge in [-0.3, -0.25) is 0 Å². The van der Waals surface area contributed by atoms with Gasteiger partial charge in [-0.25, -0.2) is 4.98 Å². The molecule has 1 aliphatic carbocycles. The summed E-state index contributed by atoms with van der Waals surface area (Å²) in [5.74, 6) is 0.966. The largest absolute Gasteiger partial charge is 0.374 e. The Morgan fingerprint density at radius 1 is 1.04 bits per heavy atom. The molecule has 1 aromatic rings. The van der Waals surface area contributed by atoms with E-state index in [1.807, 2.05) is 13.3 Å². The number of rotatable bonds is 4. The van der Waals surface area contributed by atoms with Crippen LogP contribution in [0.4, 0.5) is 0 Å². The second kappa shape index (κ2) is 6.88. The van der Waals surface area contributed by atoms with Crippen molar-refractivity contribution in [3.05, 3.63) is 48.5 Å². The first-order chi connectivity index (χ1) is 11.8. The molecule has 0 saturated heterocycles. The van der Waals surface area contributed by atoms with E-state index in [1.165, 1.54) is 56.5 Å². The molecular formula is C20H28N4. The van der Waals surface area contributed by atoms with Crippen LogP contribution in [0.3, 0.4) is 0 Å². The van der Waals surface area contributed by atoms with E-state index in [2.05, 4.69) is 50.1 Å². The van der Waals surface area contributed by atoms with Gasteiger partial charge in [0.15, 0.2) is 0 Å². The second-order valence-electron chi connectivity index (χ2n) is 7.39. The minimum atomic E-state index is 0.966. The molecule has 1 saturated carbocycles. The first-order valence-corrected chi connectivity index (χ1v) is 9.41. The summed E-state index contributed by atoms with van der Waals surface area (Å²) in [5.41, 5.74) is 3.55. The molecular weight excluding hydrogens is 296 g/mol. The minimum Gasteiger partial charge on any atom is -0.374 e. The van der Waals surface area contributed by atoms with Crippen molar-refractivity contribution in [2.24, 2.45) is 5.92 Å². The van der Waals surface area contributed by atoms with Gasteiger partial charge in [0.25, 0.3) is 0 Å². The average Bonchev–Trinajstić information content (AvgIpc) is 3.07. The van der Waals surface area contributed by atoms with E-state index in [4.69, 9.17) is 0 Å². The molecule has 3 aliphatic rings. The average molecular weight is 324 g/mol. The van der Waals surface area contributed by atoms with Gasteiger partial charge in [0, 0.05) is 38.2 Å². The van der Waals surface area contributed by atoms with Crippen LogP contribution in [0.5, 0.6) is 0 Å². The number of nitrogens with zero attached hydrogens (tertiary/aromatic N) is 4. The number of hydrogen-bond donors (Lipinski definition) is 0. The summed E-state index contributed by atoms with van der Waals surface area (Å²) >= 11 is 0. The summed E-state index contributed by atoms with van der Waals surface area (Å²) < 4.78 is 2.10. The van der Waals surface area contributed by atoms with Gasteiger partial charge in [0.05, 0.1) is 23.4 Å². The fraction of sp³-hybridized carbons (Fsp3) is 0.550. The summed E-state index contributed by atoms with van der Waals surface area (Å²) in [6.45, 7) is 5.43. The molecule has 1 fully saturated rings. The Morgan fingerprint density at radius 2 is 1.88 bits per heavy atom. The highest BCUT2D eigenvalue weighted by atomic mass is 15.2. The molecule has 1 aromatic heterocycles. The Morgan fingerprint density at radius 3 is 2.67 bits per heavy atom. The Hall–Kier alpha value is -1.97. The van der Waals surface area contributed by atoms with Crippen LogP contribution in [0.25, 0.3) is 5.70 Å². The van der Waals surface area contributed by atoms with Gasteiger partial charge >= 0.3 is 0 Å². The van der Waals surface area contributed by atoms with Gasteiger partial charge in [-0.1, -0.05) is 32.1 Å². The quantitative estimate of drug-likeness (QED) is 0.837. The number of aryl methyl sites for hydroxylation is 1. The number of imidazole rings is 1. The maximum atomic E-state index is 4.32. The normalized spacial score (nSPS) is 21.5. The Kier molecular flexibility index (Phi) is 4.46. The molecule has 4 heteroatoms. The standard InChI is InChI=1S/C20H28N4/c1-17-13-24(16-21-17)20-8-7-19-14-22(11-12-23(19)15-20)10-9-18-5-3-2-4-6-18/h7-8,13-16,18H,2-6,9-12H2,1H3. The lowest BCUT2D eigenvalue weighted by Crippen LogP contribution is -2.37. The predicted octanol–water partition coefficient (Wildman–Crippen LogP) is 3.99. The van der Waals surface area contributed by atoms with E-state index in [0.29, 0.717) is 0 Å². The van der Waals surface area contributed by atoms with Crippen LogP contribution in [-0.2, 0) is 0 Å². The lowest BCUT2D eigenvalue weighted by molar-refractivity contribution is 0.250. The van der Waals surface area contributed by atoms with Crippen LogP contribution >= 0.6 is 0 Å². The summed E-state index contributed by atoms with van der Waals surface area (Å²) in [4.78, 5) is 9.21. The van der Waals surface area contributed by atoms with Crippen LogP contribution in [0.1, 0.15) is 44.2 Å². The number of fused-ring (bicyclic) bond motifs is 1. The topological polar surface area (TPSA) is 24.3 Å². The summed E-state index contributed by atoms with van der Waals surface area (Å²) in [6, 6.07) is 0. The van der Waals surface area contributed by atoms with Crippen LogP contribution in [-0.4, -0.2) is 39.0 Å². The van der Waals surface area contributed by atoms with Crippen molar-refractivity contribution >= 4 is 5.70 Å². The molecule has 0 spiro atoms. The van der Waals surface area contributed by atoms with Gasteiger partial charge < -0.3 is 14.4 Å². The fourth-order valence-electron chi connectivity index (χ4n) is 4.06. The molecule has 128 valence electrons. The molecule has 0 bridgehead atoms. The molecule has 24 heavy (non-hydrogen) atoms. The maximum Gasteiger partial charge on any atom is 0.0995 e. The molecule has 0 N–H and O–H groups in total. The molecule has 4 nitrogen and oxygen atoms in total. The van der Waals surface area contributed by atoms with Gasteiger partial charge in [-0.05, 0) is 31.4 Å². The highest BCUT2D eigenvalue weighted by Gasteiger charge is 2.20. The van der Waals surface area contributed by atoms with Crippen LogP contribution < -0.4 is 0 Å². The monoisotopic (exact) mass is 324 g/mol. The van der Waals surface area contributed by atoms with Crippen molar-refractivity contribution in [1.82, 2.24) is 19.4 Å². The third-order valence-electron chi connectivity index (χ3n) is 5.55. The number of aromatic nitrogens is 2. The summed E-state index contributed by atoms with van der Waals surface area (Å²) in [6.07, 6.45) is 21.6. The van der Waals surface area contributed by atoms with Gasteiger partial charge in [0.2, 0.25) is 0 Å². The molecule has 0 unspecified atom stereocenters. The van der Waals surface area contributed by atoms with Crippen molar-refractivity contribution in [1.29, 1.82) is 0 Å². The van der Waals surface area contributed by atoms with E-state index >= 15 is 0 Å². The van der Waals surface area contributed by atoms with Crippen LogP contribution in [0.2, 0.25) is 0 Å². The third kappa shape index (κ3) is 3.42. The van der Waals surface area contributed by atoms with Crippen molar-refractivity contribution in [2.75, 3.05) is 19.6 Å². The maximum absolute atomic E-state index is 4.32. The highest BCUT2D eigenvalue weighted by Crippen LogP contribution is 2.28.